The van der Waals surface area contributed by atoms with Crippen LogP contribution in [0.3, 0.4) is 0 Å². The first-order valence-electron chi connectivity index (χ1n) is 14.3. The zero-order valence-electron chi connectivity index (χ0n) is 24.3. The number of hydrogen-bond donors (Lipinski definition) is 2. The molecule has 0 unspecified atom stereocenters. The van der Waals surface area contributed by atoms with Crippen LogP contribution in [0.15, 0.2) is 78.9 Å². The molecule has 0 aliphatic heterocycles. The standard InChI is InChI=1S/C34H40N2O5/c1-22(2)18-30(32(37)35-31(19-23(3)4)33(38)40-20-24-12-6-5-7-13-24)36-34(39)41-21-29-27-16-10-8-14-25(27)26-15-9-11-17-28(26)29/h5-17,22-23,29-31H,18-21H2,1-4H3,(H,35,37)(H,36,39)/t30-,31-/m0/s1. The van der Waals surface area contributed by atoms with Gasteiger partial charge in [-0.05, 0) is 52.5 Å². The Morgan fingerprint density at radius 1 is 0.683 bits per heavy atom. The summed E-state index contributed by atoms with van der Waals surface area (Å²) in [4.78, 5) is 39.3. The Hall–Kier alpha value is -4.13. The molecule has 7 heteroatoms. The number of ether oxygens (including phenoxy) is 2. The largest absolute Gasteiger partial charge is 0.459 e. The van der Waals surface area contributed by atoms with Gasteiger partial charge in [0.25, 0.3) is 0 Å². The zero-order valence-corrected chi connectivity index (χ0v) is 24.3. The fourth-order valence-electron chi connectivity index (χ4n) is 5.27. The third-order valence-corrected chi connectivity index (χ3v) is 7.19. The molecule has 2 N–H and O–H groups in total. The fourth-order valence-corrected chi connectivity index (χ4v) is 5.27. The van der Waals surface area contributed by atoms with Crippen LogP contribution in [0.25, 0.3) is 11.1 Å². The summed E-state index contributed by atoms with van der Waals surface area (Å²) in [6.07, 6.45) is 0.141. The summed E-state index contributed by atoms with van der Waals surface area (Å²) in [5.74, 6) is -0.758. The SMILES string of the molecule is CC(C)C[C@H](NC(=O)OCC1c2ccccc2-c2ccccc21)C(=O)N[C@@H](CC(C)C)C(=O)OCc1ccccc1. The molecule has 0 saturated heterocycles. The third kappa shape index (κ3) is 7.97. The van der Waals surface area contributed by atoms with Crippen molar-refractivity contribution in [2.45, 2.75) is 65.1 Å². The fraction of sp³-hybridized carbons (Fsp3) is 0.382. The highest BCUT2D eigenvalue weighted by atomic mass is 16.5. The summed E-state index contributed by atoms with van der Waals surface area (Å²) in [6, 6.07) is 24.0. The van der Waals surface area contributed by atoms with Crippen LogP contribution in [0.1, 0.15) is 63.1 Å². The number of benzene rings is 3. The van der Waals surface area contributed by atoms with Crippen molar-refractivity contribution >= 4 is 18.0 Å². The van der Waals surface area contributed by atoms with Gasteiger partial charge in [0, 0.05) is 5.92 Å². The highest BCUT2D eigenvalue weighted by Crippen LogP contribution is 2.44. The van der Waals surface area contributed by atoms with Crippen LogP contribution < -0.4 is 10.6 Å². The molecule has 0 spiro atoms. The Balaban J connectivity index is 1.39. The van der Waals surface area contributed by atoms with Crippen LogP contribution >= 0.6 is 0 Å². The summed E-state index contributed by atoms with van der Waals surface area (Å²) in [5.41, 5.74) is 5.38. The van der Waals surface area contributed by atoms with Crippen molar-refractivity contribution in [3.8, 4) is 11.1 Å². The van der Waals surface area contributed by atoms with E-state index in [0.717, 1.165) is 27.8 Å². The minimum Gasteiger partial charge on any atom is -0.459 e. The molecule has 0 radical (unpaired) electrons. The van der Waals surface area contributed by atoms with Gasteiger partial charge >= 0.3 is 12.1 Å². The number of amides is 2. The van der Waals surface area contributed by atoms with E-state index in [1.54, 1.807) is 0 Å². The van der Waals surface area contributed by atoms with Crippen molar-refractivity contribution in [1.29, 1.82) is 0 Å². The van der Waals surface area contributed by atoms with E-state index in [-0.39, 0.29) is 31.0 Å². The monoisotopic (exact) mass is 556 g/mol. The number of rotatable bonds is 12. The van der Waals surface area contributed by atoms with Crippen LogP contribution in [-0.2, 0) is 25.7 Å². The maximum Gasteiger partial charge on any atom is 0.407 e. The molecule has 3 aromatic carbocycles. The molecule has 0 fully saturated rings. The van der Waals surface area contributed by atoms with E-state index in [1.807, 2.05) is 82.3 Å². The molecule has 3 aromatic rings. The average Bonchev–Trinajstić information content (AvgIpc) is 3.27. The smallest absolute Gasteiger partial charge is 0.407 e. The first-order valence-corrected chi connectivity index (χ1v) is 14.3. The van der Waals surface area contributed by atoms with Gasteiger partial charge in [-0.25, -0.2) is 9.59 Å². The Bertz CT molecular complexity index is 1290. The van der Waals surface area contributed by atoms with Crippen LogP contribution in [0.5, 0.6) is 0 Å². The maximum atomic E-state index is 13.4. The van der Waals surface area contributed by atoms with Gasteiger partial charge in [0.1, 0.15) is 25.3 Å². The van der Waals surface area contributed by atoms with E-state index in [9.17, 15) is 14.4 Å². The number of alkyl carbamates (subject to hydrolysis) is 1. The number of hydrogen-bond acceptors (Lipinski definition) is 5. The lowest BCUT2D eigenvalue weighted by Crippen LogP contribution is -2.52. The van der Waals surface area contributed by atoms with Crippen molar-refractivity contribution < 1.29 is 23.9 Å². The molecule has 41 heavy (non-hydrogen) atoms. The molecule has 1 aliphatic carbocycles. The van der Waals surface area contributed by atoms with E-state index in [1.165, 1.54) is 0 Å². The van der Waals surface area contributed by atoms with Crippen molar-refractivity contribution in [3.05, 3.63) is 95.6 Å². The summed E-state index contributed by atoms with van der Waals surface area (Å²) >= 11 is 0. The van der Waals surface area contributed by atoms with E-state index >= 15 is 0 Å². The molecule has 7 nitrogen and oxygen atoms in total. The minimum atomic E-state index is -0.859. The molecule has 1 aliphatic rings. The van der Waals surface area contributed by atoms with Crippen molar-refractivity contribution in [2.75, 3.05) is 6.61 Å². The Morgan fingerprint density at radius 3 is 1.80 bits per heavy atom. The van der Waals surface area contributed by atoms with Gasteiger partial charge in [-0.3, -0.25) is 4.79 Å². The van der Waals surface area contributed by atoms with Crippen LogP contribution in [0.4, 0.5) is 4.79 Å². The summed E-state index contributed by atoms with van der Waals surface area (Å²) < 4.78 is 11.2. The van der Waals surface area contributed by atoms with Gasteiger partial charge in [0.2, 0.25) is 5.91 Å². The van der Waals surface area contributed by atoms with Crippen LogP contribution in [0, 0.1) is 11.8 Å². The molecule has 0 aromatic heterocycles. The van der Waals surface area contributed by atoms with Gasteiger partial charge < -0.3 is 20.1 Å². The lowest BCUT2D eigenvalue weighted by molar-refractivity contribution is -0.149. The lowest BCUT2D eigenvalue weighted by atomic mass is 9.98. The highest BCUT2D eigenvalue weighted by Gasteiger charge is 2.31. The first-order chi connectivity index (χ1) is 19.7. The van der Waals surface area contributed by atoms with Crippen LogP contribution in [0.2, 0.25) is 0 Å². The highest BCUT2D eigenvalue weighted by molar-refractivity contribution is 5.89. The topological polar surface area (TPSA) is 93.7 Å². The second-order valence-corrected chi connectivity index (χ2v) is 11.4. The van der Waals surface area contributed by atoms with E-state index in [4.69, 9.17) is 9.47 Å². The molecule has 0 saturated carbocycles. The van der Waals surface area contributed by atoms with Crippen molar-refractivity contribution in [1.82, 2.24) is 10.6 Å². The van der Waals surface area contributed by atoms with Gasteiger partial charge in [-0.1, -0.05) is 107 Å². The molecule has 0 heterocycles. The molecule has 2 atom stereocenters. The molecule has 2 amide bonds. The van der Waals surface area contributed by atoms with E-state index in [0.29, 0.717) is 12.8 Å². The third-order valence-electron chi connectivity index (χ3n) is 7.19. The number of carbonyl (C=O) groups is 3. The van der Waals surface area contributed by atoms with E-state index < -0.39 is 30.1 Å². The number of fused-ring (bicyclic) bond motifs is 3. The maximum absolute atomic E-state index is 13.4. The van der Waals surface area contributed by atoms with Gasteiger partial charge in [-0.2, -0.15) is 0 Å². The minimum absolute atomic E-state index is 0.0830. The molecular weight excluding hydrogens is 516 g/mol. The molecule has 0 bridgehead atoms. The van der Waals surface area contributed by atoms with Crippen LogP contribution in [-0.4, -0.2) is 36.7 Å². The predicted octanol–water partition coefficient (Wildman–Crippen LogP) is 6.21. The normalized spacial score (nSPS) is 13.7. The summed E-state index contributed by atoms with van der Waals surface area (Å²) in [6.45, 7) is 8.17. The Morgan fingerprint density at radius 2 is 1.22 bits per heavy atom. The second kappa shape index (κ2) is 14.0. The molecule has 216 valence electrons. The summed E-state index contributed by atoms with van der Waals surface area (Å²) in [7, 11) is 0. The van der Waals surface area contributed by atoms with E-state index in [2.05, 4.69) is 34.9 Å². The van der Waals surface area contributed by atoms with Gasteiger partial charge in [0.15, 0.2) is 0 Å². The Kier molecular flexibility index (Phi) is 10.2. The molecule has 4 rings (SSSR count). The second-order valence-electron chi connectivity index (χ2n) is 11.4. The van der Waals surface area contributed by atoms with Crippen molar-refractivity contribution in [2.24, 2.45) is 11.8 Å². The lowest BCUT2D eigenvalue weighted by Gasteiger charge is -2.25. The molecular formula is C34H40N2O5. The Labute approximate surface area is 242 Å². The van der Waals surface area contributed by atoms with Gasteiger partial charge in [0.05, 0.1) is 0 Å². The first kappa shape index (κ1) is 29.8. The predicted molar refractivity (Wildman–Crippen MR) is 159 cm³/mol. The van der Waals surface area contributed by atoms with Crippen molar-refractivity contribution in [3.63, 3.8) is 0 Å². The number of nitrogens with one attached hydrogen (secondary N) is 2. The van der Waals surface area contributed by atoms with Gasteiger partial charge in [-0.15, -0.1) is 0 Å². The number of carbonyl (C=O) groups excluding carboxylic acids is 3. The zero-order chi connectivity index (χ0) is 29.4. The summed E-state index contributed by atoms with van der Waals surface area (Å²) in [5, 5.41) is 5.58. The quantitative estimate of drug-likeness (QED) is 0.259. The number of esters is 1. The average molecular weight is 557 g/mol.